The summed E-state index contributed by atoms with van der Waals surface area (Å²) in [5.41, 5.74) is -1.22. The number of amides is 2. The first-order valence-electron chi connectivity index (χ1n) is 9.63. The Morgan fingerprint density at radius 3 is 2.07 bits per heavy atom. The highest BCUT2D eigenvalue weighted by atomic mass is 16.6. The second-order valence-electron chi connectivity index (χ2n) is 8.64. The largest absolute Gasteiger partial charge is 0.463 e. The van der Waals surface area contributed by atoms with E-state index in [0.29, 0.717) is 32.7 Å². The van der Waals surface area contributed by atoms with Crippen molar-refractivity contribution in [3.8, 4) is 0 Å². The smallest absolute Gasteiger partial charge is 0.410 e. The van der Waals surface area contributed by atoms with Crippen LogP contribution in [-0.2, 0) is 19.0 Å². The highest BCUT2D eigenvalue weighted by Crippen LogP contribution is 2.20. The molecule has 0 aliphatic carbocycles. The van der Waals surface area contributed by atoms with Crippen LogP contribution in [-0.4, -0.2) is 71.4 Å². The van der Waals surface area contributed by atoms with Crippen LogP contribution < -0.4 is 0 Å². The van der Waals surface area contributed by atoms with E-state index in [9.17, 15) is 14.4 Å². The van der Waals surface area contributed by atoms with Gasteiger partial charge in [0.15, 0.2) is 0 Å². The number of carbonyl (C=O) groups is 3. The number of carbonyl (C=O) groups excluding carboxylic acids is 3. The van der Waals surface area contributed by atoms with Gasteiger partial charge in [-0.1, -0.05) is 6.08 Å². The van der Waals surface area contributed by atoms with Crippen LogP contribution in [0.4, 0.5) is 9.59 Å². The Balaban J connectivity index is 2.87. The summed E-state index contributed by atoms with van der Waals surface area (Å²) in [5.74, 6) is -0.439. The van der Waals surface area contributed by atoms with Crippen molar-refractivity contribution in [2.24, 2.45) is 0 Å². The summed E-state index contributed by atoms with van der Waals surface area (Å²) in [7, 11) is 0. The molecule has 0 saturated carbocycles. The zero-order valence-corrected chi connectivity index (χ0v) is 18.1. The average Bonchev–Trinajstić information content (AvgIpc) is 2.51. The van der Waals surface area contributed by atoms with Gasteiger partial charge in [0.2, 0.25) is 0 Å². The third kappa shape index (κ3) is 8.63. The van der Waals surface area contributed by atoms with Crippen LogP contribution in [0.5, 0.6) is 0 Å². The van der Waals surface area contributed by atoms with E-state index in [1.54, 1.807) is 64.3 Å². The van der Waals surface area contributed by atoms with Gasteiger partial charge >= 0.3 is 18.2 Å². The van der Waals surface area contributed by atoms with Gasteiger partial charge in [0.25, 0.3) is 0 Å². The molecule has 1 rings (SSSR count). The van der Waals surface area contributed by atoms with E-state index in [1.165, 1.54) is 6.08 Å². The molecule has 8 heteroatoms. The minimum absolute atomic E-state index is 0.293. The van der Waals surface area contributed by atoms with Crippen molar-refractivity contribution < 1.29 is 28.6 Å². The molecular weight excluding hydrogens is 364 g/mol. The van der Waals surface area contributed by atoms with Crippen LogP contribution in [0.3, 0.4) is 0 Å². The summed E-state index contributed by atoms with van der Waals surface area (Å²) < 4.78 is 15.8. The Morgan fingerprint density at radius 2 is 1.54 bits per heavy atom. The summed E-state index contributed by atoms with van der Waals surface area (Å²) in [5, 5.41) is 0. The maximum Gasteiger partial charge on any atom is 0.410 e. The molecule has 0 spiro atoms. The zero-order valence-electron chi connectivity index (χ0n) is 18.1. The van der Waals surface area contributed by atoms with Crippen LogP contribution in [0.25, 0.3) is 0 Å². The predicted molar refractivity (Wildman–Crippen MR) is 105 cm³/mol. The van der Waals surface area contributed by atoms with Gasteiger partial charge in [0, 0.05) is 25.7 Å². The molecule has 1 unspecified atom stereocenters. The van der Waals surface area contributed by atoms with Crippen molar-refractivity contribution in [3.05, 3.63) is 12.2 Å². The van der Waals surface area contributed by atoms with Crippen molar-refractivity contribution in [1.82, 2.24) is 9.80 Å². The Morgan fingerprint density at radius 1 is 0.964 bits per heavy atom. The molecule has 28 heavy (non-hydrogen) atoms. The molecule has 1 atom stereocenters. The van der Waals surface area contributed by atoms with Gasteiger partial charge in [-0.15, -0.1) is 0 Å². The molecule has 1 aliphatic rings. The number of hydrogen-bond donors (Lipinski definition) is 0. The molecule has 0 radical (unpaired) electrons. The third-order valence-electron chi connectivity index (χ3n) is 3.71. The minimum Gasteiger partial charge on any atom is -0.463 e. The summed E-state index contributed by atoms with van der Waals surface area (Å²) >= 11 is 0. The number of esters is 1. The number of nitrogens with zero attached hydrogens (tertiary/aromatic N) is 2. The molecule has 1 fully saturated rings. The van der Waals surface area contributed by atoms with Gasteiger partial charge in [-0.05, 0) is 54.9 Å². The van der Waals surface area contributed by atoms with Gasteiger partial charge in [-0.25, -0.2) is 14.4 Å². The van der Waals surface area contributed by atoms with Gasteiger partial charge < -0.3 is 24.0 Å². The molecule has 1 saturated heterocycles. The topological polar surface area (TPSA) is 85.4 Å². The quantitative estimate of drug-likeness (QED) is 0.410. The lowest BCUT2D eigenvalue weighted by Gasteiger charge is -2.41. The molecule has 0 aromatic heterocycles. The molecular formula is C20H34N2O6. The number of ether oxygens (including phenoxy) is 3. The molecule has 0 aromatic rings. The SMILES string of the molecule is CCOC(=O)C=CCC1CN(C(=O)OC(C)(C)C)CCN1C(=O)OC(C)(C)C. The van der Waals surface area contributed by atoms with Crippen molar-refractivity contribution in [2.45, 2.75) is 72.1 Å². The summed E-state index contributed by atoms with van der Waals surface area (Å²) in [6.07, 6.45) is 2.51. The second-order valence-corrected chi connectivity index (χ2v) is 8.64. The highest BCUT2D eigenvalue weighted by Gasteiger charge is 2.35. The van der Waals surface area contributed by atoms with Gasteiger partial charge in [0.1, 0.15) is 11.2 Å². The van der Waals surface area contributed by atoms with E-state index in [-0.39, 0.29) is 6.04 Å². The van der Waals surface area contributed by atoms with Crippen molar-refractivity contribution in [3.63, 3.8) is 0 Å². The first kappa shape index (κ1) is 23.8. The molecule has 0 aromatic carbocycles. The Bertz CT molecular complexity index is 588. The van der Waals surface area contributed by atoms with Crippen LogP contribution in [0.15, 0.2) is 12.2 Å². The van der Waals surface area contributed by atoms with Crippen molar-refractivity contribution in [2.75, 3.05) is 26.2 Å². The third-order valence-corrected chi connectivity index (χ3v) is 3.71. The van der Waals surface area contributed by atoms with Crippen LogP contribution in [0.1, 0.15) is 54.9 Å². The fourth-order valence-electron chi connectivity index (χ4n) is 2.62. The van der Waals surface area contributed by atoms with Gasteiger partial charge in [-0.2, -0.15) is 0 Å². The van der Waals surface area contributed by atoms with Crippen LogP contribution in [0.2, 0.25) is 0 Å². The van der Waals surface area contributed by atoms with Crippen molar-refractivity contribution >= 4 is 18.2 Å². The molecule has 0 bridgehead atoms. The Labute approximate surface area is 167 Å². The molecule has 1 heterocycles. The first-order chi connectivity index (χ1) is 12.8. The highest BCUT2D eigenvalue weighted by molar-refractivity contribution is 5.81. The Hall–Kier alpha value is -2.25. The fourth-order valence-corrected chi connectivity index (χ4v) is 2.62. The maximum absolute atomic E-state index is 12.6. The zero-order chi connectivity index (χ0) is 21.5. The van der Waals surface area contributed by atoms with E-state index in [0.717, 1.165) is 0 Å². The lowest BCUT2D eigenvalue weighted by Crippen LogP contribution is -2.57. The average molecular weight is 399 g/mol. The monoisotopic (exact) mass is 398 g/mol. The van der Waals surface area contributed by atoms with Gasteiger partial charge in [0.05, 0.1) is 12.6 Å². The lowest BCUT2D eigenvalue weighted by molar-refractivity contribution is -0.137. The van der Waals surface area contributed by atoms with E-state index in [1.807, 2.05) is 0 Å². The summed E-state index contributed by atoms with van der Waals surface area (Å²) in [6.45, 7) is 13.8. The summed E-state index contributed by atoms with van der Waals surface area (Å²) in [6, 6.07) is -0.332. The summed E-state index contributed by atoms with van der Waals surface area (Å²) in [4.78, 5) is 39.7. The number of rotatable bonds is 4. The van der Waals surface area contributed by atoms with E-state index < -0.39 is 29.4 Å². The molecule has 8 nitrogen and oxygen atoms in total. The van der Waals surface area contributed by atoms with Crippen molar-refractivity contribution in [1.29, 1.82) is 0 Å². The van der Waals surface area contributed by atoms with E-state index in [2.05, 4.69) is 0 Å². The fraction of sp³-hybridized carbons (Fsp3) is 0.750. The van der Waals surface area contributed by atoms with E-state index in [4.69, 9.17) is 14.2 Å². The Kier molecular flexibility index (Phi) is 8.32. The standard InChI is InChI=1S/C20H34N2O6/c1-8-26-16(23)11-9-10-15-14-21(17(24)27-19(2,3)4)12-13-22(15)18(25)28-20(5,6)7/h9,11,15H,8,10,12-14H2,1-7H3. The predicted octanol–water partition coefficient (Wildman–Crippen LogP) is 3.35. The minimum atomic E-state index is -0.620. The molecule has 2 amide bonds. The maximum atomic E-state index is 12.6. The lowest BCUT2D eigenvalue weighted by atomic mass is 10.1. The number of hydrogen-bond acceptors (Lipinski definition) is 6. The van der Waals surface area contributed by atoms with Gasteiger partial charge in [-0.3, -0.25) is 0 Å². The molecule has 1 aliphatic heterocycles. The second kappa shape index (κ2) is 9.80. The number of piperazine rings is 1. The van der Waals surface area contributed by atoms with Crippen LogP contribution in [0, 0.1) is 0 Å². The molecule has 0 N–H and O–H groups in total. The van der Waals surface area contributed by atoms with E-state index >= 15 is 0 Å². The molecule has 160 valence electrons. The normalized spacial score (nSPS) is 18.2. The first-order valence-corrected chi connectivity index (χ1v) is 9.63. The van der Waals surface area contributed by atoms with Crippen LogP contribution >= 0.6 is 0 Å².